The number of aryl methyl sites for hydroxylation is 1. The molecule has 2 aromatic carbocycles. The fraction of sp³-hybridized carbons (Fsp3) is 0.111. The van der Waals surface area contributed by atoms with Gasteiger partial charge in [0.2, 0.25) is 0 Å². The average molecular weight is 500 g/mol. The lowest BCUT2D eigenvalue weighted by Gasteiger charge is -2.23. The van der Waals surface area contributed by atoms with E-state index in [1.807, 2.05) is 30.3 Å². The Morgan fingerprint density at radius 2 is 1.86 bits per heavy atom. The molecule has 0 bridgehead atoms. The van der Waals surface area contributed by atoms with Crippen molar-refractivity contribution in [3.8, 4) is 11.3 Å². The number of aromatic amines is 1. The largest absolute Gasteiger partial charge is 0.465 e. The highest BCUT2D eigenvalue weighted by atomic mass is 19.1. The number of benzene rings is 2. The van der Waals surface area contributed by atoms with Crippen molar-refractivity contribution in [2.75, 3.05) is 17.2 Å². The number of amides is 2. The van der Waals surface area contributed by atoms with E-state index in [-0.39, 0.29) is 24.7 Å². The molecule has 2 amide bonds. The second-order valence-electron chi connectivity index (χ2n) is 8.62. The molecule has 0 saturated heterocycles. The summed E-state index contributed by atoms with van der Waals surface area (Å²) in [6, 6.07) is 16.5. The Kier molecular flexibility index (Phi) is 6.14. The molecule has 9 nitrogen and oxygen atoms in total. The van der Waals surface area contributed by atoms with E-state index >= 15 is 0 Å². The van der Waals surface area contributed by atoms with Crippen LogP contribution in [0.25, 0.3) is 11.3 Å². The molecule has 0 atom stereocenters. The maximum atomic E-state index is 13.5. The predicted molar refractivity (Wildman–Crippen MR) is 136 cm³/mol. The van der Waals surface area contributed by atoms with Crippen LogP contribution >= 0.6 is 0 Å². The molecule has 1 aliphatic heterocycles. The molecule has 2 aromatic heterocycles. The minimum absolute atomic E-state index is 0.0262. The first-order chi connectivity index (χ1) is 17.8. The van der Waals surface area contributed by atoms with E-state index in [9.17, 15) is 23.9 Å². The number of pyridine rings is 1. The second-order valence-corrected chi connectivity index (χ2v) is 8.62. The summed E-state index contributed by atoms with van der Waals surface area (Å²) >= 11 is 0. The van der Waals surface area contributed by atoms with Crippen molar-refractivity contribution >= 4 is 35.0 Å². The zero-order valence-corrected chi connectivity index (χ0v) is 19.7. The van der Waals surface area contributed by atoms with Crippen LogP contribution in [0.5, 0.6) is 0 Å². The maximum Gasteiger partial charge on any atom is 0.408 e. The molecule has 0 fully saturated rings. The topological polar surface area (TPSA) is 127 Å². The van der Waals surface area contributed by atoms with Crippen LogP contribution in [-0.2, 0) is 6.54 Å². The number of carbonyl (C=O) groups is 3. The van der Waals surface area contributed by atoms with Gasteiger partial charge in [0.05, 0.1) is 30.0 Å². The van der Waals surface area contributed by atoms with Gasteiger partial charge in [0.25, 0.3) is 5.91 Å². The normalized spacial score (nSPS) is 12.7. The minimum atomic E-state index is -1.18. The van der Waals surface area contributed by atoms with Crippen LogP contribution < -0.4 is 10.6 Å². The summed E-state index contributed by atoms with van der Waals surface area (Å²) in [5.74, 6) is -0.955. The van der Waals surface area contributed by atoms with E-state index in [2.05, 4.69) is 20.6 Å². The first-order valence-electron chi connectivity index (χ1n) is 11.4. The fourth-order valence-corrected chi connectivity index (χ4v) is 4.34. The number of carbonyl (C=O) groups excluding carboxylic acids is 2. The molecular weight excluding hydrogens is 477 g/mol. The van der Waals surface area contributed by atoms with Crippen LogP contribution in [0, 0.1) is 12.7 Å². The maximum absolute atomic E-state index is 13.5. The molecule has 186 valence electrons. The Morgan fingerprint density at radius 1 is 1.08 bits per heavy atom. The summed E-state index contributed by atoms with van der Waals surface area (Å²) < 4.78 is 13.5. The van der Waals surface area contributed by atoms with Crippen LogP contribution in [0.4, 0.5) is 26.4 Å². The van der Waals surface area contributed by atoms with Gasteiger partial charge in [0.15, 0.2) is 5.78 Å². The number of nitrogens with zero attached hydrogens (tertiary/aromatic N) is 2. The summed E-state index contributed by atoms with van der Waals surface area (Å²) in [6.07, 6.45) is 0.331. The smallest absolute Gasteiger partial charge is 0.408 e. The highest BCUT2D eigenvalue weighted by Gasteiger charge is 2.32. The number of nitrogens with one attached hydrogen (secondary N) is 3. The number of halogens is 1. The fourth-order valence-electron chi connectivity index (χ4n) is 4.34. The number of H-pyrrole nitrogens is 1. The number of hydrogen-bond acceptors (Lipinski definition) is 5. The predicted octanol–water partition coefficient (Wildman–Crippen LogP) is 5.20. The molecule has 10 heteroatoms. The molecular formula is C27H22FN5O4. The van der Waals surface area contributed by atoms with Gasteiger partial charge in [-0.05, 0) is 55.0 Å². The van der Waals surface area contributed by atoms with Gasteiger partial charge >= 0.3 is 6.09 Å². The lowest BCUT2D eigenvalue weighted by molar-refractivity contribution is 0.0874. The van der Waals surface area contributed by atoms with Crippen molar-refractivity contribution < 1.29 is 23.9 Å². The number of aromatic nitrogens is 2. The van der Waals surface area contributed by atoms with Gasteiger partial charge < -0.3 is 20.7 Å². The summed E-state index contributed by atoms with van der Waals surface area (Å²) in [6.45, 7) is 1.42. The van der Waals surface area contributed by atoms with E-state index < -0.39 is 17.8 Å². The third-order valence-electron chi connectivity index (χ3n) is 6.08. The minimum Gasteiger partial charge on any atom is -0.465 e. The molecule has 4 N–H and O–H groups in total. The Balaban J connectivity index is 1.53. The van der Waals surface area contributed by atoms with E-state index in [1.54, 1.807) is 19.1 Å². The molecule has 0 unspecified atom stereocenters. The zero-order chi connectivity index (χ0) is 26.1. The van der Waals surface area contributed by atoms with Crippen LogP contribution in [0.3, 0.4) is 0 Å². The van der Waals surface area contributed by atoms with Gasteiger partial charge in [-0.1, -0.05) is 18.2 Å². The molecule has 0 saturated carbocycles. The highest BCUT2D eigenvalue weighted by molar-refractivity contribution is 6.09. The van der Waals surface area contributed by atoms with Gasteiger partial charge in [0, 0.05) is 28.7 Å². The molecule has 0 spiro atoms. The number of fused-ring (bicyclic) bond motifs is 1. The Labute approximate surface area is 211 Å². The summed E-state index contributed by atoms with van der Waals surface area (Å²) in [5.41, 5.74) is 4.07. The van der Waals surface area contributed by atoms with Gasteiger partial charge in [-0.15, -0.1) is 0 Å². The first-order valence-corrected chi connectivity index (χ1v) is 11.4. The number of rotatable bonds is 5. The lowest BCUT2D eigenvalue weighted by atomic mass is 10.0. The number of para-hydroxylation sites is 1. The number of anilines is 3. The van der Waals surface area contributed by atoms with Gasteiger partial charge in [-0.2, -0.15) is 0 Å². The number of Topliss-reactive ketones (excluding diaryl/α,β-unsaturated/α-hetero) is 1. The van der Waals surface area contributed by atoms with Crippen molar-refractivity contribution in [2.24, 2.45) is 0 Å². The molecule has 0 radical (unpaired) electrons. The number of carboxylic acid groups (broad SMARTS) is 1. The van der Waals surface area contributed by atoms with Crippen molar-refractivity contribution in [1.29, 1.82) is 0 Å². The molecule has 3 heterocycles. The summed E-state index contributed by atoms with van der Waals surface area (Å²) in [4.78, 5) is 45.9. The molecule has 5 rings (SSSR count). The van der Waals surface area contributed by atoms with Gasteiger partial charge in [-0.25, -0.2) is 14.2 Å². The Morgan fingerprint density at radius 3 is 2.59 bits per heavy atom. The Hall–Kier alpha value is -4.99. The molecule has 1 aliphatic rings. The average Bonchev–Trinajstić information content (AvgIpc) is 3.23. The van der Waals surface area contributed by atoms with E-state index in [4.69, 9.17) is 0 Å². The van der Waals surface area contributed by atoms with Crippen molar-refractivity contribution in [3.63, 3.8) is 0 Å². The number of ketones is 1. The van der Waals surface area contributed by atoms with Crippen molar-refractivity contribution in [2.45, 2.75) is 13.5 Å². The van der Waals surface area contributed by atoms with E-state index in [0.717, 1.165) is 10.6 Å². The van der Waals surface area contributed by atoms with Gasteiger partial charge in [-0.3, -0.25) is 14.5 Å². The molecule has 37 heavy (non-hydrogen) atoms. The quantitative estimate of drug-likeness (QED) is 0.299. The van der Waals surface area contributed by atoms with E-state index in [0.29, 0.717) is 39.3 Å². The van der Waals surface area contributed by atoms with Crippen LogP contribution in [0.15, 0.2) is 66.9 Å². The zero-order valence-electron chi connectivity index (χ0n) is 19.7. The SMILES string of the molecule is Cc1cc(F)ccc1C(=O)Nc1cc(-c2[nH]c3c(c2Nc2ccccc2)C(=O)CN(C(=O)O)C3)ccn1. The standard InChI is InChI=1S/C27H22FN5O4/c1-15-11-17(28)7-8-19(15)26(35)32-22-12-16(9-10-29-22)24-25(30-18-5-3-2-4-6-18)23-20(31-24)13-33(27(36)37)14-21(23)34/h2-12,30-31H,13-14H2,1H3,(H,36,37)(H,29,32,35). The van der Waals surface area contributed by atoms with Gasteiger partial charge in [0.1, 0.15) is 11.6 Å². The summed E-state index contributed by atoms with van der Waals surface area (Å²) in [7, 11) is 0. The van der Waals surface area contributed by atoms with Crippen LogP contribution in [0.1, 0.15) is 32.0 Å². The van der Waals surface area contributed by atoms with Crippen molar-refractivity contribution in [3.05, 3.63) is 95.1 Å². The first kappa shape index (κ1) is 23.7. The third-order valence-corrected chi connectivity index (χ3v) is 6.08. The molecule has 4 aromatic rings. The Bertz CT molecular complexity index is 1530. The second kappa shape index (κ2) is 9.57. The number of hydrogen-bond donors (Lipinski definition) is 4. The highest BCUT2D eigenvalue weighted by Crippen LogP contribution is 2.38. The monoisotopic (exact) mass is 499 g/mol. The molecule has 0 aliphatic carbocycles. The van der Waals surface area contributed by atoms with Crippen LogP contribution in [-0.4, -0.2) is 44.3 Å². The van der Waals surface area contributed by atoms with Crippen LogP contribution in [0.2, 0.25) is 0 Å². The van der Waals surface area contributed by atoms with E-state index in [1.165, 1.54) is 24.4 Å². The summed E-state index contributed by atoms with van der Waals surface area (Å²) in [5, 5.41) is 15.5. The van der Waals surface area contributed by atoms with Crippen molar-refractivity contribution in [1.82, 2.24) is 14.9 Å². The lowest BCUT2D eigenvalue weighted by Crippen LogP contribution is -2.38. The third kappa shape index (κ3) is 4.76.